The standard InChI is InChI=1S/C23H26N4O4S/c1-3-31-18(28)11-24-21(29)16-5-4-10-27(12-16)23-25-19-17(13-32-20(19)22(30)26-23)15-8-6-14(2)7-9-15/h6-9,13,16H,3-5,10-12H2,1-2H3,(H,24,29)(H,25,26,30)/t16-/m1/s1. The first-order valence-electron chi connectivity index (χ1n) is 10.7. The lowest BCUT2D eigenvalue weighted by molar-refractivity contribution is -0.143. The highest BCUT2D eigenvalue weighted by molar-refractivity contribution is 7.17. The third kappa shape index (κ3) is 4.67. The van der Waals surface area contributed by atoms with Crippen molar-refractivity contribution in [2.75, 3.05) is 31.1 Å². The van der Waals surface area contributed by atoms with Crippen LogP contribution in [0.1, 0.15) is 25.3 Å². The van der Waals surface area contributed by atoms with E-state index in [2.05, 4.69) is 10.3 Å². The van der Waals surface area contributed by atoms with Gasteiger partial charge in [-0.1, -0.05) is 29.8 Å². The number of aromatic nitrogens is 2. The van der Waals surface area contributed by atoms with Crippen LogP contribution >= 0.6 is 11.3 Å². The van der Waals surface area contributed by atoms with Crippen LogP contribution < -0.4 is 15.8 Å². The lowest BCUT2D eigenvalue weighted by Gasteiger charge is -2.32. The molecule has 1 fully saturated rings. The Morgan fingerprint density at radius 3 is 2.84 bits per heavy atom. The van der Waals surface area contributed by atoms with Gasteiger partial charge in [-0.2, -0.15) is 0 Å². The molecule has 2 aromatic heterocycles. The highest BCUT2D eigenvalue weighted by Crippen LogP contribution is 2.32. The summed E-state index contributed by atoms with van der Waals surface area (Å²) in [6.45, 7) is 5.01. The van der Waals surface area contributed by atoms with E-state index < -0.39 is 5.97 Å². The maximum absolute atomic E-state index is 12.8. The van der Waals surface area contributed by atoms with Crippen molar-refractivity contribution in [3.8, 4) is 11.1 Å². The molecule has 1 atom stereocenters. The molecule has 4 rings (SSSR count). The zero-order valence-corrected chi connectivity index (χ0v) is 19.0. The molecular weight excluding hydrogens is 428 g/mol. The van der Waals surface area contributed by atoms with Crippen molar-refractivity contribution in [3.63, 3.8) is 0 Å². The van der Waals surface area contributed by atoms with E-state index in [1.807, 2.05) is 41.5 Å². The van der Waals surface area contributed by atoms with Crippen LogP contribution in [-0.4, -0.2) is 48.1 Å². The third-order valence-corrected chi connectivity index (χ3v) is 6.55. The first-order chi connectivity index (χ1) is 15.5. The summed E-state index contributed by atoms with van der Waals surface area (Å²) in [6.07, 6.45) is 1.50. The van der Waals surface area contributed by atoms with Gasteiger partial charge in [-0.15, -0.1) is 11.3 Å². The van der Waals surface area contributed by atoms with Crippen LogP contribution in [0.3, 0.4) is 0 Å². The number of ether oxygens (including phenoxy) is 1. The Labute approximate surface area is 189 Å². The molecule has 2 N–H and O–H groups in total. The minimum Gasteiger partial charge on any atom is -0.465 e. The fourth-order valence-electron chi connectivity index (χ4n) is 3.90. The average Bonchev–Trinajstić information content (AvgIpc) is 3.23. The highest BCUT2D eigenvalue weighted by atomic mass is 32.1. The summed E-state index contributed by atoms with van der Waals surface area (Å²) in [5, 5.41) is 4.61. The number of anilines is 1. The SMILES string of the molecule is CCOC(=O)CNC(=O)[C@@H]1CCCN(c2nc3c(-c4ccc(C)cc4)csc3c(=O)[nH]2)C1. The van der Waals surface area contributed by atoms with Crippen molar-refractivity contribution in [1.29, 1.82) is 0 Å². The summed E-state index contributed by atoms with van der Waals surface area (Å²) < 4.78 is 5.45. The number of esters is 1. The van der Waals surface area contributed by atoms with Crippen molar-refractivity contribution in [3.05, 3.63) is 45.6 Å². The number of H-pyrrole nitrogens is 1. The Morgan fingerprint density at radius 2 is 2.09 bits per heavy atom. The van der Waals surface area contributed by atoms with Gasteiger partial charge in [0, 0.05) is 24.0 Å². The van der Waals surface area contributed by atoms with Crippen LogP contribution in [0.15, 0.2) is 34.4 Å². The van der Waals surface area contributed by atoms with Gasteiger partial charge in [0.05, 0.1) is 18.0 Å². The highest BCUT2D eigenvalue weighted by Gasteiger charge is 2.28. The smallest absolute Gasteiger partial charge is 0.325 e. The van der Waals surface area contributed by atoms with Gasteiger partial charge in [-0.05, 0) is 32.3 Å². The van der Waals surface area contributed by atoms with Gasteiger partial charge in [0.1, 0.15) is 11.2 Å². The number of hydrogen-bond acceptors (Lipinski definition) is 7. The number of rotatable bonds is 6. The number of thiophene rings is 1. The molecule has 1 amide bonds. The lowest BCUT2D eigenvalue weighted by atomic mass is 9.97. The van der Waals surface area contributed by atoms with E-state index in [9.17, 15) is 14.4 Å². The van der Waals surface area contributed by atoms with E-state index in [-0.39, 0.29) is 30.5 Å². The number of nitrogens with zero attached hydrogens (tertiary/aromatic N) is 2. The fraction of sp³-hybridized carbons (Fsp3) is 0.391. The minimum absolute atomic E-state index is 0.140. The molecule has 168 valence electrons. The molecule has 0 unspecified atom stereocenters. The number of amides is 1. The van der Waals surface area contributed by atoms with Crippen LogP contribution in [0, 0.1) is 12.8 Å². The summed E-state index contributed by atoms with van der Waals surface area (Å²) in [6, 6.07) is 8.14. The molecule has 0 bridgehead atoms. The van der Waals surface area contributed by atoms with E-state index in [1.54, 1.807) is 6.92 Å². The molecule has 1 aliphatic rings. The summed E-state index contributed by atoms with van der Waals surface area (Å²) in [5.41, 5.74) is 3.60. The molecular formula is C23H26N4O4S. The van der Waals surface area contributed by atoms with Crippen LogP contribution in [-0.2, 0) is 14.3 Å². The average molecular weight is 455 g/mol. The van der Waals surface area contributed by atoms with Gasteiger partial charge >= 0.3 is 5.97 Å². The number of carbonyl (C=O) groups excluding carboxylic acids is 2. The molecule has 1 aliphatic heterocycles. The molecule has 0 aliphatic carbocycles. The number of aryl methyl sites for hydroxylation is 1. The van der Waals surface area contributed by atoms with Gasteiger partial charge in [0.15, 0.2) is 0 Å². The summed E-state index contributed by atoms with van der Waals surface area (Å²) in [5.74, 6) is -0.469. The predicted octanol–water partition coefficient (Wildman–Crippen LogP) is 2.86. The molecule has 0 saturated carbocycles. The van der Waals surface area contributed by atoms with E-state index in [1.165, 1.54) is 16.9 Å². The van der Waals surface area contributed by atoms with E-state index >= 15 is 0 Å². The lowest BCUT2D eigenvalue weighted by Crippen LogP contribution is -2.45. The van der Waals surface area contributed by atoms with E-state index in [0.717, 1.165) is 17.5 Å². The first-order valence-corrected chi connectivity index (χ1v) is 11.6. The van der Waals surface area contributed by atoms with Gasteiger partial charge in [-0.3, -0.25) is 19.4 Å². The summed E-state index contributed by atoms with van der Waals surface area (Å²) in [7, 11) is 0. The second-order valence-corrected chi connectivity index (χ2v) is 8.77. The maximum atomic E-state index is 12.8. The number of carbonyl (C=O) groups is 2. The monoisotopic (exact) mass is 454 g/mol. The topological polar surface area (TPSA) is 104 Å². The normalized spacial score (nSPS) is 16.2. The number of fused-ring (bicyclic) bond motifs is 1. The van der Waals surface area contributed by atoms with Crippen molar-refractivity contribution in [2.45, 2.75) is 26.7 Å². The molecule has 0 radical (unpaired) electrons. The van der Waals surface area contributed by atoms with Gasteiger partial charge in [-0.25, -0.2) is 4.98 Å². The molecule has 0 spiro atoms. The molecule has 1 aromatic carbocycles. The molecule has 32 heavy (non-hydrogen) atoms. The number of piperidine rings is 1. The van der Waals surface area contributed by atoms with E-state index in [4.69, 9.17) is 9.72 Å². The zero-order valence-electron chi connectivity index (χ0n) is 18.1. The van der Waals surface area contributed by atoms with Crippen molar-refractivity contribution < 1.29 is 14.3 Å². The number of nitrogens with one attached hydrogen (secondary N) is 2. The quantitative estimate of drug-likeness (QED) is 0.555. The van der Waals surface area contributed by atoms with Crippen LogP contribution in [0.4, 0.5) is 5.95 Å². The molecule has 3 heterocycles. The van der Waals surface area contributed by atoms with Crippen LogP contribution in [0.25, 0.3) is 21.3 Å². The summed E-state index contributed by atoms with van der Waals surface area (Å²) in [4.78, 5) is 46.4. The number of aromatic amines is 1. The van der Waals surface area contributed by atoms with Crippen molar-refractivity contribution in [1.82, 2.24) is 15.3 Å². The summed E-state index contributed by atoms with van der Waals surface area (Å²) >= 11 is 1.38. The third-order valence-electron chi connectivity index (χ3n) is 5.58. The molecule has 1 saturated heterocycles. The Bertz CT molecular complexity index is 1180. The number of hydrogen-bond donors (Lipinski definition) is 2. The zero-order chi connectivity index (χ0) is 22.7. The van der Waals surface area contributed by atoms with Gasteiger partial charge < -0.3 is 15.0 Å². The maximum Gasteiger partial charge on any atom is 0.325 e. The number of benzene rings is 1. The Hall–Kier alpha value is -3.20. The second kappa shape index (κ2) is 9.52. The minimum atomic E-state index is -0.453. The molecule has 3 aromatic rings. The van der Waals surface area contributed by atoms with Crippen LogP contribution in [0.5, 0.6) is 0 Å². The van der Waals surface area contributed by atoms with E-state index in [0.29, 0.717) is 35.7 Å². The Morgan fingerprint density at radius 1 is 1.31 bits per heavy atom. The molecule has 8 nitrogen and oxygen atoms in total. The predicted molar refractivity (Wildman–Crippen MR) is 125 cm³/mol. The Kier molecular flexibility index (Phi) is 6.55. The second-order valence-electron chi connectivity index (χ2n) is 7.89. The Balaban J connectivity index is 1.55. The van der Waals surface area contributed by atoms with Gasteiger partial charge in [0.25, 0.3) is 5.56 Å². The molecule has 9 heteroatoms. The first kappa shape index (κ1) is 22.0. The van der Waals surface area contributed by atoms with Crippen LogP contribution in [0.2, 0.25) is 0 Å². The van der Waals surface area contributed by atoms with Crippen molar-refractivity contribution >= 4 is 39.4 Å². The van der Waals surface area contributed by atoms with Gasteiger partial charge in [0.2, 0.25) is 11.9 Å². The fourth-order valence-corrected chi connectivity index (χ4v) is 4.81. The largest absolute Gasteiger partial charge is 0.465 e. The van der Waals surface area contributed by atoms with Crippen molar-refractivity contribution in [2.24, 2.45) is 5.92 Å².